The van der Waals surface area contributed by atoms with Gasteiger partial charge in [-0.15, -0.1) is 0 Å². The predicted molar refractivity (Wildman–Crippen MR) is 101 cm³/mol. The molecule has 3 heterocycles. The molecule has 1 aliphatic heterocycles. The zero-order valence-corrected chi connectivity index (χ0v) is 14.8. The fourth-order valence-corrected chi connectivity index (χ4v) is 3.30. The Morgan fingerprint density at radius 3 is 2.44 bits per heavy atom. The molecule has 0 fully saturated rings. The van der Waals surface area contributed by atoms with Crippen molar-refractivity contribution in [2.45, 2.75) is 5.60 Å². The molecule has 0 saturated carbocycles. The third kappa shape index (κ3) is 2.96. The van der Waals surface area contributed by atoms with Gasteiger partial charge in [0, 0.05) is 31.3 Å². The number of benzene rings is 1. The van der Waals surface area contributed by atoms with E-state index in [-0.39, 0.29) is 0 Å². The van der Waals surface area contributed by atoms with Gasteiger partial charge in [-0.05, 0) is 29.8 Å². The van der Waals surface area contributed by atoms with E-state index in [1.165, 1.54) is 0 Å². The lowest BCUT2D eigenvalue weighted by Crippen LogP contribution is -2.44. The van der Waals surface area contributed by atoms with Gasteiger partial charge in [-0.3, -0.25) is 9.97 Å². The van der Waals surface area contributed by atoms with Crippen molar-refractivity contribution in [1.29, 1.82) is 0 Å². The molecule has 2 aromatic heterocycles. The van der Waals surface area contributed by atoms with Gasteiger partial charge in [-0.2, -0.15) is 0 Å². The lowest BCUT2D eigenvalue weighted by Gasteiger charge is -2.32. The number of ether oxygens (including phenoxy) is 1. The monoisotopic (exact) mass is 356 g/mol. The molecule has 1 atom stereocenters. The topological polar surface area (TPSA) is 62.7 Å². The Hall–Kier alpha value is -3.51. The van der Waals surface area contributed by atoms with Crippen LogP contribution < -0.4 is 0 Å². The molecule has 0 spiro atoms. The summed E-state index contributed by atoms with van der Waals surface area (Å²) in [6.07, 6.45) is 8.72. The molecule has 6 nitrogen and oxygen atoms in total. The van der Waals surface area contributed by atoms with Crippen LogP contribution in [-0.4, -0.2) is 27.5 Å². The minimum atomic E-state index is -1.00. The van der Waals surface area contributed by atoms with Gasteiger partial charge >= 0.3 is 0 Å². The van der Waals surface area contributed by atoms with Gasteiger partial charge in [-0.25, -0.2) is 0 Å². The van der Waals surface area contributed by atoms with Crippen LogP contribution in [0.4, 0.5) is 0 Å². The molecule has 0 bridgehead atoms. The van der Waals surface area contributed by atoms with Crippen LogP contribution in [0.3, 0.4) is 0 Å². The third-order valence-corrected chi connectivity index (χ3v) is 4.43. The number of methoxy groups -OCH3 is 1. The fourth-order valence-electron chi connectivity index (χ4n) is 3.30. The van der Waals surface area contributed by atoms with Gasteiger partial charge in [0.2, 0.25) is 6.20 Å². The van der Waals surface area contributed by atoms with Crippen LogP contribution in [-0.2, 0) is 10.3 Å². The van der Waals surface area contributed by atoms with Gasteiger partial charge < -0.3 is 4.74 Å². The maximum Gasteiger partial charge on any atom is 0.209 e. The van der Waals surface area contributed by atoms with Crippen LogP contribution in [0.15, 0.2) is 102 Å². The maximum atomic E-state index is 6.23. The summed E-state index contributed by atoms with van der Waals surface area (Å²) in [5, 5.41) is 8.25. The summed E-state index contributed by atoms with van der Waals surface area (Å²) in [7, 11) is 1.68. The van der Waals surface area contributed by atoms with Crippen LogP contribution in [0.1, 0.15) is 16.8 Å². The molecule has 0 saturated heterocycles. The molecule has 1 aromatic carbocycles. The highest BCUT2D eigenvalue weighted by Gasteiger charge is 2.46. The highest BCUT2D eigenvalue weighted by atomic mass is 16.5. The fraction of sp³-hybridized carbons (Fsp3) is 0.0952. The first-order valence-corrected chi connectivity index (χ1v) is 8.53. The van der Waals surface area contributed by atoms with Crippen molar-refractivity contribution in [1.82, 2.24) is 9.97 Å². The van der Waals surface area contributed by atoms with E-state index in [1.807, 2.05) is 60.7 Å². The quantitative estimate of drug-likeness (QED) is 0.655. The highest BCUT2D eigenvalue weighted by molar-refractivity contribution is 6.05. The van der Waals surface area contributed by atoms with Crippen molar-refractivity contribution < 1.29 is 9.42 Å². The molecule has 27 heavy (non-hydrogen) atoms. The maximum absolute atomic E-state index is 6.23. The number of pyridine rings is 2. The lowest BCUT2D eigenvalue weighted by atomic mass is 9.82. The van der Waals surface area contributed by atoms with Gasteiger partial charge in [-0.1, -0.05) is 41.1 Å². The smallest absolute Gasteiger partial charge is 0.209 e. The number of nitrogens with zero attached hydrogens (tertiary/aromatic N) is 5. The standard InChI is InChI=1S/C21H18N5O/c1-27-21(18-9-3-2-4-10-18,19-11-5-6-13-23-19)20(26-15-14-24-25-26)17-8-7-12-22-16-17/h2-16H,1H3/q+1. The van der Waals surface area contributed by atoms with Crippen LogP contribution in [0.5, 0.6) is 0 Å². The van der Waals surface area contributed by atoms with E-state index in [0.29, 0.717) is 0 Å². The molecule has 0 aliphatic carbocycles. The Balaban J connectivity index is 2.10. The summed E-state index contributed by atoms with van der Waals surface area (Å²) in [6.45, 7) is 0. The Morgan fingerprint density at radius 1 is 0.963 bits per heavy atom. The second kappa shape index (κ2) is 7.39. The average Bonchev–Trinajstić information content (AvgIpc) is 3.28. The molecule has 0 N–H and O–H groups in total. The Bertz CT molecular complexity index is 945. The summed E-state index contributed by atoms with van der Waals surface area (Å²) >= 11 is 0. The van der Waals surface area contributed by atoms with Crippen LogP contribution in [0.25, 0.3) is 0 Å². The van der Waals surface area contributed by atoms with E-state index < -0.39 is 5.60 Å². The minimum absolute atomic E-state index is 0.744. The van der Waals surface area contributed by atoms with Gasteiger partial charge in [0.1, 0.15) is 5.22 Å². The SMILES string of the molecule is COC(C(c1cccnc1)=[N+]1C=CN=N1)(c1ccccc1)c1ccccn1. The van der Waals surface area contributed by atoms with E-state index in [9.17, 15) is 0 Å². The molecule has 4 rings (SSSR count). The van der Waals surface area contributed by atoms with E-state index >= 15 is 0 Å². The van der Waals surface area contributed by atoms with E-state index in [2.05, 4.69) is 20.3 Å². The van der Waals surface area contributed by atoms with Crippen molar-refractivity contribution in [3.63, 3.8) is 0 Å². The van der Waals surface area contributed by atoms with Gasteiger partial charge in [0.15, 0.2) is 17.5 Å². The molecular formula is C21H18N5O+. The summed E-state index contributed by atoms with van der Waals surface area (Å²) < 4.78 is 7.95. The highest BCUT2D eigenvalue weighted by Crippen LogP contribution is 2.36. The summed E-state index contributed by atoms with van der Waals surface area (Å²) in [5.41, 5.74) is 2.30. The minimum Gasteiger partial charge on any atom is -0.359 e. The second-order valence-electron chi connectivity index (χ2n) is 5.90. The Kier molecular flexibility index (Phi) is 4.63. The molecule has 0 radical (unpaired) electrons. The molecular weight excluding hydrogens is 338 g/mol. The van der Waals surface area contributed by atoms with Crippen LogP contribution in [0.2, 0.25) is 0 Å². The lowest BCUT2D eigenvalue weighted by molar-refractivity contribution is -0.468. The third-order valence-electron chi connectivity index (χ3n) is 4.43. The van der Waals surface area contributed by atoms with Crippen molar-refractivity contribution in [3.8, 4) is 0 Å². The molecule has 0 amide bonds. The number of hydrogen-bond donors (Lipinski definition) is 0. The van der Waals surface area contributed by atoms with Gasteiger partial charge in [0.05, 0.1) is 10.8 Å². The zero-order valence-electron chi connectivity index (χ0n) is 14.8. The van der Waals surface area contributed by atoms with Crippen molar-refractivity contribution in [2.24, 2.45) is 10.3 Å². The van der Waals surface area contributed by atoms with Crippen LogP contribution in [0, 0.1) is 0 Å². The Morgan fingerprint density at radius 2 is 1.81 bits per heavy atom. The number of hydrogen-bond acceptors (Lipinski definition) is 5. The van der Waals surface area contributed by atoms with Gasteiger partial charge in [0.25, 0.3) is 0 Å². The van der Waals surface area contributed by atoms with Crippen LogP contribution >= 0.6 is 0 Å². The largest absolute Gasteiger partial charge is 0.359 e. The second-order valence-corrected chi connectivity index (χ2v) is 5.90. The zero-order chi connectivity index (χ0) is 18.5. The normalized spacial score (nSPS) is 16.9. The average molecular weight is 356 g/mol. The first kappa shape index (κ1) is 16.9. The molecule has 3 aromatic rings. The van der Waals surface area contributed by atoms with Crippen molar-refractivity contribution in [3.05, 3.63) is 108 Å². The molecule has 6 heteroatoms. The number of aromatic nitrogens is 2. The Labute approximate surface area is 157 Å². The van der Waals surface area contributed by atoms with E-state index in [0.717, 1.165) is 22.5 Å². The predicted octanol–water partition coefficient (Wildman–Crippen LogP) is 3.72. The summed E-state index contributed by atoms with van der Waals surface area (Å²) in [4.78, 5) is 8.92. The molecule has 1 aliphatic rings. The molecule has 1 unspecified atom stereocenters. The molecule has 132 valence electrons. The van der Waals surface area contributed by atoms with Crippen molar-refractivity contribution >= 4 is 5.71 Å². The summed E-state index contributed by atoms with van der Waals surface area (Å²) in [6, 6.07) is 19.6. The first-order chi connectivity index (χ1) is 13.4. The van der Waals surface area contributed by atoms with E-state index in [1.54, 1.807) is 42.8 Å². The van der Waals surface area contributed by atoms with Crippen molar-refractivity contribution in [2.75, 3.05) is 7.11 Å². The summed E-state index contributed by atoms with van der Waals surface area (Å²) in [5.74, 6) is 0. The van der Waals surface area contributed by atoms with E-state index in [4.69, 9.17) is 4.74 Å². The number of rotatable bonds is 5. The first-order valence-electron chi connectivity index (χ1n) is 8.53.